The standard InChI is InChI=1S/C38H48N2O4/c1-41-35-17-9-31(10-18-35)27-39(28-32-11-19-36(42-2)20-12-32)25-7-5-6-8-26-40(29-33-13-21-37(43-3)22-14-33)30-34-15-23-38(44-4)24-16-34/h9-24H,5-8,25-30H2,1-4H3. The van der Waals surface area contributed by atoms with Gasteiger partial charge in [0.25, 0.3) is 0 Å². The van der Waals surface area contributed by atoms with Crippen molar-refractivity contribution in [3.63, 3.8) is 0 Å². The van der Waals surface area contributed by atoms with Crippen molar-refractivity contribution < 1.29 is 18.9 Å². The summed E-state index contributed by atoms with van der Waals surface area (Å²) in [7, 11) is 6.84. The number of hydrogen-bond acceptors (Lipinski definition) is 6. The summed E-state index contributed by atoms with van der Waals surface area (Å²) in [5.74, 6) is 3.57. The number of nitrogens with zero attached hydrogens (tertiary/aromatic N) is 2. The highest BCUT2D eigenvalue weighted by molar-refractivity contribution is 5.30. The molecule has 234 valence electrons. The average Bonchev–Trinajstić information content (AvgIpc) is 3.07. The summed E-state index contributed by atoms with van der Waals surface area (Å²) in [6.45, 7) is 5.75. The van der Waals surface area contributed by atoms with Crippen molar-refractivity contribution in [2.24, 2.45) is 0 Å². The minimum Gasteiger partial charge on any atom is -0.497 e. The fraction of sp³-hybridized carbons (Fsp3) is 0.368. The lowest BCUT2D eigenvalue weighted by Crippen LogP contribution is -2.25. The molecule has 0 bridgehead atoms. The molecule has 0 heterocycles. The quantitative estimate of drug-likeness (QED) is 0.102. The van der Waals surface area contributed by atoms with E-state index in [1.165, 1.54) is 47.9 Å². The number of methoxy groups -OCH3 is 4. The van der Waals surface area contributed by atoms with E-state index in [2.05, 4.69) is 58.3 Å². The molecule has 44 heavy (non-hydrogen) atoms. The van der Waals surface area contributed by atoms with E-state index in [0.717, 1.165) is 62.3 Å². The van der Waals surface area contributed by atoms with Gasteiger partial charge in [-0.05, 0) is 96.7 Å². The summed E-state index contributed by atoms with van der Waals surface area (Å²) in [4.78, 5) is 5.09. The monoisotopic (exact) mass is 596 g/mol. The van der Waals surface area contributed by atoms with Crippen LogP contribution in [-0.2, 0) is 26.2 Å². The lowest BCUT2D eigenvalue weighted by atomic mass is 10.1. The molecule has 0 radical (unpaired) electrons. The number of rotatable bonds is 19. The van der Waals surface area contributed by atoms with Crippen molar-refractivity contribution in [1.29, 1.82) is 0 Å². The van der Waals surface area contributed by atoms with Gasteiger partial charge in [-0.25, -0.2) is 0 Å². The predicted molar refractivity (Wildman–Crippen MR) is 179 cm³/mol. The van der Waals surface area contributed by atoms with Gasteiger partial charge in [0.05, 0.1) is 28.4 Å². The van der Waals surface area contributed by atoms with Crippen molar-refractivity contribution in [2.75, 3.05) is 41.5 Å². The summed E-state index contributed by atoms with van der Waals surface area (Å²) in [5.41, 5.74) is 5.19. The van der Waals surface area contributed by atoms with E-state index in [1.807, 2.05) is 48.5 Å². The van der Waals surface area contributed by atoms with E-state index in [9.17, 15) is 0 Å². The molecule has 4 aromatic carbocycles. The Hall–Kier alpha value is -4.00. The Morgan fingerprint density at radius 1 is 0.341 bits per heavy atom. The van der Waals surface area contributed by atoms with Gasteiger partial charge in [0.2, 0.25) is 0 Å². The molecule has 6 heteroatoms. The van der Waals surface area contributed by atoms with Crippen LogP contribution in [0.5, 0.6) is 23.0 Å². The Morgan fingerprint density at radius 2 is 0.568 bits per heavy atom. The minimum absolute atomic E-state index is 0.892. The molecule has 0 aliphatic rings. The van der Waals surface area contributed by atoms with Crippen LogP contribution in [0.4, 0.5) is 0 Å². The maximum Gasteiger partial charge on any atom is 0.118 e. The molecule has 0 fully saturated rings. The van der Waals surface area contributed by atoms with Gasteiger partial charge < -0.3 is 18.9 Å². The fourth-order valence-corrected chi connectivity index (χ4v) is 5.41. The summed E-state index contributed by atoms with van der Waals surface area (Å²) in [6, 6.07) is 33.7. The first kappa shape index (κ1) is 32.9. The van der Waals surface area contributed by atoms with Gasteiger partial charge in [-0.2, -0.15) is 0 Å². The Labute approximate surface area is 264 Å². The topological polar surface area (TPSA) is 43.4 Å². The van der Waals surface area contributed by atoms with Gasteiger partial charge in [0, 0.05) is 26.2 Å². The molecule has 4 aromatic rings. The number of ether oxygens (including phenoxy) is 4. The zero-order valence-electron chi connectivity index (χ0n) is 26.8. The SMILES string of the molecule is COc1ccc(CN(CCCCCCN(Cc2ccc(OC)cc2)Cc2ccc(OC)cc2)Cc2ccc(OC)cc2)cc1. The lowest BCUT2D eigenvalue weighted by molar-refractivity contribution is 0.239. The normalized spacial score (nSPS) is 11.1. The summed E-state index contributed by atoms with van der Waals surface area (Å²) in [6.07, 6.45) is 4.76. The number of benzene rings is 4. The van der Waals surface area contributed by atoms with Crippen LogP contribution in [0.25, 0.3) is 0 Å². The molecule has 0 saturated carbocycles. The predicted octanol–water partition coefficient (Wildman–Crippen LogP) is 7.99. The van der Waals surface area contributed by atoms with E-state index in [1.54, 1.807) is 28.4 Å². The molecule has 0 amide bonds. The highest BCUT2D eigenvalue weighted by Crippen LogP contribution is 2.20. The highest BCUT2D eigenvalue weighted by Gasteiger charge is 2.11. The summed E-state index contributed by atoms with van der Waals surface area (Å²) < 4.78 is 21.4. The van der Waals surface area contributed by atoms with Crippen LogP contribution in [0.2, 0.25) is 0 Å². The summed E-state index contributed by atoms with van der Waals surface area (Å²) in [5, 5.41) is 0. The van der Waals surface area contributed by atoms with E-state index in [-0.39, 0.29) is 0 Å². The van der Waals surface area contributed by atoms with Crippen molar-refractivity contribution in [3.05, 3.63) is 119 Å². The molecular formula is C38H48N2O4. The molecular weight excluding hydrogens is 548 g/mol. The lowest BCUT2D eigenvalue weighted by Gasteiger charge is -2.24. The van der Waals surface area contributed by atoms with Crippen LogP contribution in [-0.4, -0.2) is 51.3 Å². The van der Waals surface area contributed by atoms with Gasteiger partial charge in [-0.15, -0.1) is 0 Å². The van der Waals surface area contributed by atoms with Crippen LogP contribution in [0.15, 0.2) is 97.1 Å². The van der Waals surface area contributed by atoms with Gasteiger partial charge in [-0.3, -0.25) is 9.80 Å². The van der Waals surface area contributed by atoms with Gasteiger partial charge >= 0.3 is 0 Å². The maximum absolute atomic E-state index is 5.36. The third kappa shape index (κ3) is 10.9. The largest absolute Gasteiger partial charge is 0.497 e. The maximum atomic E-state index is 5.36. The Kier molecular flexibility index (Phi) is 13.4. The second-order valence-corrected chi connectivity index (χ2v) is 11.2. The number of hydrogen-bond donors (Lipinski definition) is 0. The van der Waals surface area contributed by atoms with Crippen molar-refractivity contribution in [2.45, 2.75) is 51.9 Å². The van der Waals surface area contributed by atoms with Crippen molar-refractivity contribution in [3.8, 4) is 23.0 Å². The first-order chi connectivity index (χ1) is 21.6. The van der Waals surface area contributed by atoms with E-state index >= 15 is 0 Å². The zero-order chi connectivity index (χ0) is 31.0. The molecule has 0 aliphatic carbocycles. The van der Waals surface area contributed by atoms with Gasteiger partial charge in [-0.1, -0.05) is 61.4 Å². The van der Waals surface area contributed by atoms with Crippen LogP contribution >= 0.6 is 0 Å². The second kappa shape index (κ2) is 18.0. The van der Waals surface area contributed by atoms with E-state index in [4.69, 9.17) is 18.9 Å². The van der Waals surface area contributed by atoms with E-state index in [0.29, 0.717) is 0 Å². The smallest absolute Gasteiger partial charge is 0.118 e. The molecule has 4 rings (SSSR count). The first-order valence-corrected chi connectivity index (χ1v) is 15.5. The van der Waals surface area contributed by atoms with Gasteiger partial charge in [0.1, 0.15) is 23.0 Å². The average molecular weight is 597 g/mol. The van der Waals surface area contributed by atoms with Gasteiger partial charge in [0.15, 0.2) is 0 Å². The highest BCUT2D eigenvalue weighted by atomic mass is 16.5. The molecule has 0 aromatic heterocycles. The first-order valence-electron chi connectivity index (χ1n) is 15.5. The molecule has 0 unspecified atom stereocenters. The van der Waals surface area contributed by atoms with Crippen molar-refractivity contribution in [1.82, 2.24) is 9.80 Å². The zero-order valence-corrected chi connectivity index (χ0v) is 26.8. The van der Waals surface area contributed by atoms with Crippen LogP contribution < -0.4 is 18.9 Å². The second-order valence-electron chi connectivity index (χ2n) is 11.2. The van der Waals surface area contributed by atoms with Crippen molar-refractivity contribution >= 4 is 0 Å². The summed E-state index contributed by atoms with van der Waals surface area (Å²) >= 11 is 0. The molecule has 6 nitrogen and oxygen atoms in total. The van der Waals surface area contributed by atoms with Crippen LogP contribution in [0.1, 0.15) is 47.9 Å². The molecule has 0 atom stereocenters. The Bertz CT molecular complexity index is 1130. The third-order valence-corrected chi connectivity index (χ3v) is 7.96. The number of unbranched alkanes of at least 4 members (excludes halogenated alkanes) is 3. The fourth-order valence-electron chi connectivity index (χ4n) is 5.41. The minimum atomic E-state index is 0.892. The molecule has 0 saturated heterocycles. The molecule has 0 N–H and O–H groups in total. The Balaban J connectivity index is 1.30. The third-order valence-electron chi connectivity index (χ3n) is 7.96. The Morgan fingerprint density at radius 3 is 0.773 bits per heavy atom. The molecule has 0 spiro atoms. The molecule has 0 aliphatic heterocycles. The van der Waals surface area contributed by atoms with Crippen LogP contribution in [0, 0.1) is 0 Å². The van der Waals surface area contributed by atoms with Crippen LogP contribution in [0.3, 0.4) is 0 Å². The van der Waals surface area contributed by atoms with E-state index < -0.39 is 0 Å².